The van der Waals surface area contributed by atoms with Gasteiger partial charge in [0.25, 0.3) is 0 Å². The summed E-state index contributed by atoms with van der Waals surface area (Å²) in [4.78, 5) is 37.8. The lowest BCUT2D eigenvalue weighted by Gasteiger charge is -2.32. The van der Waals surface area contributed by atoms with Crippen LogP contribution < -0.4 is 10.1 Å². The average molecular weight is 333 g/mol. The van der Waals surface area contributed by atoms with Crippen molar-refractivity contribution in [2.75, 3.05) is 39.8 Å². The number of methoxy groups -OCH3 is 1. The maximum Gasteiger partial charge on any atom is 0.232 e. The molecule has 1 N–H and O–H groups in total. The third-order valence-electron chi connectivity index (χ3n) is 4.02. The van der Waals surface area contributed by atoms with Crippen molar-refractivity contribution in [2.24, 2.45) is 0 Å². The molecule has 0 unspecified atom stereocenters. The largest absolute Gasteiger partial charge is 0.497 e. The number of nitrogens with zero attached hydrogens (tertiary/aromatic N) is 2. The van der Waals surface area contributed by atoms with Crippen LogP contribution in [0, 0.1) is 0 Å². The van der Waals surface area contributed by atoms with Crippen LogP contribution in [0.15, 0.2) is 24.3 Å². The second-order valence-electron chi connectivity index (χ2n) is 5.65. The maximum atomic E-state index is 12.1. The average Bonchev–Trinajstić information content (AvgIpc) is 2.62. The third kappa shape index (κ3) is 5.26. The Hall–Kier alpha value is -2.57. The molecule has 0 aromatic heterocycles. The molecule has 1 heterocycles. The minimum atomic E-state index is -0.272. The van der Waals surface area contributed by atoms with Crippen LogP contribution in [0.5, 0.6) is 5.75 Å². The van der Waals surface area contributed by atoms with Gasteiger partial charge >= 0.3 is 0 Å². The van der Waals surface area contributed by atoms with Crippen molar-refractivity contribution in [3.8, 4) is 5.75 Å². The summed E-state index contributed by atoms with van der Waals surface area (Å²) in [5.74, 6) is 0.330. The van der Waals surface area contributed by atoms with Crippen molar-refractivity contribution in [2.45, 2.75) is 12.8 Å². The first-order valence-corrected chi connectivity index (χ1v) is 7.99. The summed E-state index contributed by atoms with van der Waals surface area (Å²) in [7, 11) is 1.62. The molecule has 0 aliphatic carbocycles. The van der Waals surface area contributed by atoms with Gasteiger partial charge in [0, 0.05) is 32.7 Å². The van der Waals surface area contributed by atoms with E-state index in [1.54, 1.807) is 16.9 Å². The third-order valence-corrected chi connectivity index (χ3v) is 4.02. The number of amides is 3. The monoisotopic (exact) mass is 333 g/mol. The fraction of sp³-hybridized carbons (Fsp3) is 0.471. The second kappa shape index (κ2) is 8.90. The van der Waals surface area contributed by atoms with Crippen molar-refractivity contribution in [3.05, 3.63) is 29.8 Å². The first-order valence-electron chi connectivity index (χ1n) is 7.99. The minimum absolute atomic E-state index is 0.149. The number of hydrogen-bond donors (Lipinski definition) is 1. The summed E-state index contributed by atoms with van der Waals surface area (Å²) in [5, 5.41) is 2.77. The van der Waals surface area contributed by atoms with Gasteiger partial charge in [-0.1, -0.05) is 12.1 Å². The van der Waals surface area contributed by atoms with Crippen molar-refractivity contribution in [3.63, 3.8) is 0 Å². The quantitative estimate of drug-likeness (QED) is 0.565. The van der Waals surface area contributed by atoms with Gasteiger partial charge in [0.05, 0.1) is 7.11 Å². The predicted octanol–water partition coefficient (Wildman–Crippen LogP) is 0.0446. The lowest BCUT2D eigenvalue weighted by molar-refractivity contribution is -0.138. The van der Waals surface area contributed by atoms with E-state index in [1.165, 1.54) is 0 Å². The highest BCUT2D eigenvalue weighted by atomic mass is 16.5. The Bertz CT molecular complexity index is 566. The van der Waals surface area contributed by atoms with E-state index in [0.29, 0.717) is 39.1 Å². The van der Waals surface area contributed by atoms with E-state index in [9.17, 15) is 14.4 Å². The zero-order chi connectivity index (χ0) is 17.4. The van der Waals surface area contributed by atoms with E-state index in [2.05, 4.69) is 5.32 Å². The Kier molecular flexibility index (Phi) is 6.60. The highest BCUT2D eigenvalue weighted by Gasteiger charge is 2.21. The number of nitrogens with one attached hydrogen (secondary N) is 1. The summed E-state index contributed by atoms with van der Waals surface area (Å²) in [6.07, 6.45) is 1.33. The molecule has 24 heavy (non-hydrogen) atoms. The summed E-state index contributed by atoms with van der Waals surface area (Å²) >= 11 is 0. The van der Waals surface area contributed by atoms with Crippen LogP contribution in [0.3, 0.4) is 0 Å². The summed E-state index contributed by atoms with van der Waals surface area (Å²) < 4.78 is 5.09. The van der Waals surface area contributed by atoms with E-state index < -0.39 is 0 Å². The molecule has 7 nitrogen and oxygen atoms in total. The van der Waals surface area contributed by atoms with Gasteiger partial charge in [-0.3, -0.25) is 14.4 Å². The number of carbonyl (C=O) groups is 3. The van der Waals surface area contributed by atoms with Crippen LogP contribution in [0.4, 0.5) is 0 Å². The van der Waals surface area contributed by atoms with Gasteiger partial charge in [-0.05, 0) is 24.1 Å². The van der Waals surface area contributed by atoms with Gasteiger partial charge in [-0.25, -0.2) is 0 Å². The molecule has 1 aromatic carbocycles. The van der Waals surface area contributed by atoms with Gasteiger partial charge in [0.1, 0.15) is 12.2 Å². The van der Waals surface area contributed by atoms with Crippen molar-refractivity contribution < 1.29 is 19.1 Å². The van der Waals surface area contributed by atoms with Crippen LogP contribution in [-0.4, -0.2) is 67.9 Å². The second-order valence-corrected chi connectivity index (χ2v) is 5.65. The van der Waals surface area contributed by atoms with E-state index in [1.807, 2.05) is 24.3 Å². The molecule has 3 amide bonds. The minimum Gasteiger partial charge on any atom is -0.497 e. The van der Waals surface area contributed by atoms with E-state index >= 15 is 0 Å². The normalized spacial score (nSPS) is 14.2. The highest BCUT2D eigenvalue weighted by molar-refractivity contribution is 5.96. The highest BCUT2D eigenvalue weighted by Crippen LogP contribution is 2.11. The molecular weight excluding hydrogens is 310 g/mol. The van der Waals surface area contributed by atoms with Crippen LogP contribution >= 0.6 is 0 Å². The molecule has 1 aliphatic heterocycles. The van der Waals surface area contributed by atoms with E-state index in [-0.39, 0.29) is 18.2 Å². The van der Waals surface area contributed by atoms with Crippen molar-refractivity contribution >= 4 is 18.2 Å². The lowest BCUT2D eigenvalue weighted by atomic mass is 10.1. The first-order chi connectivity index (χ1) is 11.6. The molecule has 0 atom stereocenters. The fourth-order valence-corrected chi connectivity index (χ4v) is 2.53. The molecule has 0 spiro atoms. The number of ether oxygens (including phenoxy) is 1. The Morgan fingerprint density at radius 3 is 2.42 bits per heavy atom. The number of rotatable bonds is 7. The molecule has 1 saturated heterocycles. The standard InChI is InChI=1S/C17H23N3O4/c1-24-15-4-2-14(3-5-15)6-7-18-16(22)12-17(23)20-10-8-19(13-21)9-11-20/h2-5,13H,6-12H2,1H3,(H,18,22). The topological polar surface area (TPSA) is 79.0 Å². The molecule has 1 aliphatic rings. The first kappa shape index (κ1) is 17.8. The van der Waals surface area contributed by atoms with Gasteiger partial charge in [0.2, 0.25) is 18.2 Å². The van der Waals surface area contributed by atoms with Crippen LogP contribution in [0.2, 0.25) is 0 Å². The summed E-state index contributed by atoms with van der Waals surface area (Å²) in [6, 6.07) is 7.64. The molecule has 1 aromatic rings. The van der Waals surface area contributed by atoms with Gasteiger partial charge in [0.15, 0.2) is 0 Å². The summed E-state index contributed by atoms with van der Waals surface area (Å²) in [6.45, 7) is 2.49. The maximum absolute atomic E-state index is 12.1. The van der Waals surface area contributed by atoms with Gasteiger partial charge in [-0.15, -0.1) is 0 Å². The molecule has 1 fully saturated rings. The van der Waals surface area contributed by atoms with Gasteiger partial charge < -0.3 is 19.9 Å². The van der Waals surface area contributed by atoms with Crippen molar-refractivity contribution in [1.29, 1.82) is 0 Å². The van der Waals surface area contributed by atoms with Crippen LogP contribution in [-0.2, 0) is 20.8 Å². The number of hydrogen-bond acceptors (Lipinski definition) is 4. The number of carbonyl (C=O) groups excluding carboxylic acids is 3. The smallest absolute Gasteiger partial charge is 0.232 e. The SMILES string of the molecule is COc1ccc(CCNC(=O)CC(=O)N2CCN(C=O)CC2)cc1. The molecule has 130 valence electrons. The van der Waals surface area contributed by atoms with Crippen LogP contribution in [0.25, 0.3) is 0 Å². The lowest BCUT2D eigenvalue weighted by Crippen LogP contribution is -2.49. The Balaban J connectivity index is 1.67. The van der Waals surface area contributed by atoms with Crippen LogP contribution in [0.1, 0.15) is 12.0 Å². The number of benzene rings is 1. The predicted molar refractivity (Wildman–Crippen MR) is 88.5 cm³/mol. The Labute approximate surface area is 141 Å². The molecular formula is C17H23N3O4. The van der Waals surface area contributed by atoms with E-state index in [0.717, 1.165) is 17.7 Å². The molecule has 7 heteroatoms. The summed E-state index contributed by atoms with van der Waals surface area (Å²) in [5.41, 5.74) is 1.09. The van der Waals surface area contributed by atoms with Crippen molar-refractivity contribution in [1.82, 2.24) is 15.1 Å². The number of piperazine rings is 1. The molecule has 0 bridgehead atoms. The zero-order valence-corrected chi connectivity index (χ0v) is 13.9. The molecule has 0 saturated carbocycles. The zero-order valence-electron chi connectivity index (χ0n) is 13.9. The van der Waals surface area contributed by atoms with E-state index in [4.69, 9.17) is 4.74 Å². The van der Waals surface area contributed by atoms with Gasteiger partial charge in [-0.2, -0.15) is 0 Å². The Morgan fingerprint density at radius 2 is 1.83 bits per heavy atom. The Morgan fingerprint density at radius 1 is 1.17 bits per heavy atom. The fourth-order valence-electron chi connectivity index (χ4n) is 2.53. The molecule has 0 radical (unpaired) electrons. The molecule has 2 rings (SSSR count).